The molecule has 2 saturated heterocycles. The molecule has 1 aromatic carbocycles. The van der Waals surface area contributed by atoms with Crippen molar-refractivity contribution in [2.24, 2.45) is 0 Å². The van der Waals surface area contributed by atoms with Crippen LogP contribution in [0.25, 0.3) is 0 Å². The molecule has 3 rings (SSSR count). The van der Waals surface area contributed by atoms with Crippen molar-refractivity contribution in [3.05, 3.63) is 24.3 Å². The van der Waals surface area contributed by atoms with E-state index in [2.05, 4.69) is 62.2 Å². The van der Waals surface area contributed by atoms with Crippen molar-refractivity contribution in [3.63, 3.8) is 0 Å². The molecule has 0 saturated carbocycles. The monoisotopic (exact) mass is 334 g/mol. The number of anilines is 1. The molecule has 0 unspecified atom stereocenters. The molecule has 24 heavy (non-hydrogen) atoms. The van der Waals surface area contributed by atoms with Crippen LogP contribution in [0.5, 0.6) is 0 Å². The van der Waals surface area contributed by atoms with Gasteiger partial charge in [-0.3, -0.25) is 9.29 Å². The summed E-state index contributed by atoms with van der Waals surface area (Å²) in [6, 6.07) is 8.72. The van der Waals surface area contributed by atoms with Crippen LogP contribution in [0.3, 0.4) is 0 Å². The highest BCUT2D eigenvalue weighted by atomic mass is 19.1. The summed E-state index contributed by atoms with van der Waals surface area (Å²) in [6.45, 7) is 10.9. The zero-order valence-corrected chi connectivity index (χ0v) is 15.1. The average Bonchev–Trinajstić information content (AvgIpc) is 2.70. The Labute approximate surface area is 144 Å². The van der Waals surface area contributed by atoms with Gasteiger partial charge in [-0.2, -0.15) is 0 Å². The Hall–Kier alpha value is -1.11. The van der Waals surface area contributed by atoms with Gasteiger partial charge in [0, 0.05) is 25.3 Å². The van der Waals surface area contributed by atoms with Crippen LogP contribution < -0.4 is 10.8 Å². The van der Waals surface area contributed by atoms with Gasteiger partial charge in [-0.25, -0.2) is 0 Å². The van der Waals surface area contributed by atoms with Crippen LogP contribution in [0, 0.1) is 0 Å². The van der Waals surface area contributed by atoms with Crippen molar-refractivity contribution in [2.45, 2.75) is 51.4 Å². The molecule has 2 aliphatic rings. The van der Waals surface area contributed by atoms with Crippen LogP contribution >= 0.6 is 0 Å². The van der Waals surface area contributed by atoms with E-state index in [9.17, 15) is 4.39 Å². The van der Waals surface area contributed by atoms with Gasteiger partial charge in [-0.1, -0.05) is 12.1 Å². The van der Waals surface area contributed by atoms with E-state index < -0.39 is 0 Å². The van der Waals surface area contributed by atoms with Crippen LogP contribution in [-0.2, 0) is 9.31 Å². The summed E-state index contributed by atoms with van der Waals surface area (Å²) in [7, 11) is -0.316. The SMILES string of the molecule is CC1(C)OB(c2ccc(NC3CN(CCCF)C3)cc2)OC1(C)C. The third kappa shape index (κ3) is 3.61. The van der Waals surface area contributed by atoms with Gasteiger partial charge < -0.3 is 14.6 Å². The largest absolute Gasteiger partial charge is 0.494 e. The summed E-state index contributed by atoms with van der Waals surface area (Å²) in [6.07, 6.45) is 0.634. The first-order valence-corrected chi connectivity index (χ1v) is 8.81. The van der Waals surface area contributed by atoms with E-state index in [-0.39, 0.29) is 25.0 Å². The van der Waals surface area contributed by atoms with Crippen LogP contribution in [0.4, 0.5) is 10.1 Å². The number of hydrogen-bond acceptors (Lipinski definition) is 4. The fourth-order valence-electron chi connectivity index (χ4n) is 3.08. The highest BCUT2D eigenvalue weighted by Gasteiger charge is 2.51. The second-order valence-electron chi connectivity index (χ2n) is 7.85. The second kappa shape index (κ2) is 6.66. The average molecular weight is 334 g/mol. The van der Waals surface area contributed by atoms with Gasteiger partial charge in [0.1, 0.15) is 0 Å². The van der Waals surface area contributed by atoms with E-state index >= 15 is 0 Å². The predicted molar refractivity (Wildman–Crippen MR) is 96.6 cm³/mol. The van der Waals surface area contributed by atoms with Crippen LogP contribution in [0.15, 0.2) is 24.3 Å². The van der Waals surface area contributed by atoms with Crippen LogP contribution in [-0.4, -0.2) is 55.6 Å². The van der Waals surface area contributed by atoms with E-state index in [1.807, 2.05) is 0 Å². The number of hydrogen-bond donors (Lipinski definition) is 1. The molecule has 0 bridgehead atoms. The Morgan fingerprint density at radius 2 is 1.71 bits per heavy atom. The van der Waals surface area contributed by atoms with Gasteiger partial charge in [-0.05, 0) is 51.7 Å². The second-order valence-corrected chi connectivity index (χ2v) is 7.85. The Balaban J connectivity index is 1.52. The normalized spacial score (nSPS) is 23.3. The molecule has 0 spiro atoms. The van der Waals surface area contributed by atoms with Crippen LogP contribution in [0.2, 0.25) is 0 Å². The molecule has 0 aromatic heterocycles. The number of benzene rings is 1. The number of halogens is 1. The Morgan fingerprint density at radius 1 is 1.12 bits per heavy atom. The summed E-state index contributed by atoms with van der Waals surface area (Å²) in [5, 5.41) is 3.52. The molecule has 0 atom stereocenters. The van der Waals surface area contributed by atoms with Crippen molar-refractivity contribution >= 4 is 18.3 Å². The minimum Gasteiger partial charge on any atom is -0.399 e. The fraction of sp³-hybridized carbons (Fsp3) is 0.667. The zero-order valence-electron chi connectivity index (χ0n) is 15.1. The molecule has 6 heteroatoms. The Morgan fingerprint density at radius 3 is 2.25 bits per heavy atom. The number of rotatable bonds is 6. The number of nitrogens with one attached hydrogen (secondary N) is 1. The molecule has 0 amide bonds. The molecule has 1 aromatic rings. The summed E-state index contributed by atoms with van der Waals surface area (Å²) in [5.74, 6) is 0. The fourth-order valence-corrected chi connectivity index (χ4v) is 3.08. The Kier molecular flexibility index (Phi) is 4.91. The van der Waals surface area contributed by atoms with Crippen molar-refractivity contribution in [1.29, 1.82) is 0 Å². The topological polar surface area (TPSA) is 33.7 Å². The van der Waals surface area contributed by atoms with Crippen molar-refractivity contribution < 1.29 is 13.7 Å². The lowest BCUT2D eigenvalue weighted by molar-refractivity contribution is 0.00578. The minimum absolute atomic E-state index is 0.227. The van der Waals surface area contributed by atoms with Crippen molar-refractivity contribution in [3.8, 4) is 0 Å². The number of likely N-dealkylation sites (tertiary alicyclic amines) is 1. The van der Waals surface area contributed by atoms with E-state index in [1.165, 1.54) is 0 Å². The predicted octanol–water partition coefficient (Wildman–Crippen LogP) is 2.44. The molecule has 132 valence electrons. The molecular formula is C18H28BFN2O2. The maximum atomic E-state index is 12.2. The van der Waals surface area contributed by atoms with Gasteiger partial charge in [0.25, 0.3) is 0 Å². The van der Waals surface area contributed by atoms with Gasteiger partial charge >= 0.3 is 7.12 Å². The van der Waals surface area contributed by atoms with Gasteiger partial charge in [0.2, 0.25) is 0 Å². The van der Waals surface area contributed by atoms with E-state index in [4.69, 9.17) is 9.31 Å². The maximum Gasteiger partial charge on any atom is 0.494 e. The summed E-state index contributed by atoms with van der Waals surface area (Å²) >= 11 is 0. The molecule has 0 radical (unpaired) electrons. The molecule has 0 aliphatic carbocycles. The maximum absolute atomic E-state index is 12.2. The third-order valence-electron chi connectivity index (χ3n) is 5.37. The van der Waals surface area contributed by atoms with Gasteiger partial charge in [0.15, 0.2) is 0 Å². The molecular weight excluding hydrogens is 306 g/mol. The summed E-state index contributed by atoms with van der Waals surface area (Å²) in [4.78, 5) is 2.27. The molecule has 2 fully saturated rings. The van der Waals surface area contributed by atoms with E-state index in [0.717, 1.165) is 30.8 Å². The third-order valence-corrected chi connectivity index (χ3v) is 5.37. The van der Waals surface area contributed by atoms with Gasteiger partial charge in [-0.15, -0.1) is 0 Å². The van der Waals surface area contributed by atoms with Crippen molar-refractivity contribution in [1.82, 2.24) is 4.90 Å². The quantitative estimate of drug-likeness (QED) is 0.811. The molecule has 4 nitrogen and oxygen atoms in total. The molecule has 2 heterocycles. The molecule has 1 N–H and O–H groups in total. The highest BCUT2D eigenvalue weighted by Crippen LogP contribution is 2.36. The summed E-state index contributed by atoms with van der Waals surface area (Å²) < 4.78 is 24.3. The first-order chi connectivity index (χ1) is 11.3. The Bertz CT molecular complexity index is 543. The minimum atomic E-state index is -0.316. The summed E-state index contributed by atoms with van der Waals surface area (Å²) in [5.41, 5.74) is 1.51. The first kappa shape index (κ1) is 17.7. The number of alkyl halides is 1. The highest BCUT2D eigenvalue weighted by molar-refractivity contribution is 6.62. The number of nitrogens with zero attached hydrogens (tertiary/aromatic N) is 1. The smallest absolute Gasteiger partial charge is 0.399 e. The standard InChI is InChI=1S/C18H28BFN2O2/c1-17(2)18(3,4)24-19(23-17)14-6-8-15(9-7-14)21-16-12-22(13-16)11-5-10-20/h6-9,16,21H,5,10-13H2,1-4H3. The van der Waals surface area contributed by atoms with E-state index in [1.54, 1.807) is 0 Å². The molecule has 2 aliphatic heterocycles. The van der Waals surface area contributed by atoms with E-state index in [0.29, 0.717) is 12.5 Å². The lowest BCUT2D eigenvalue weighted by Crippen LogP contribution is -2.54. The van der Waals surface area contributed by atoms with Gasteiger partial charge in [0.05, 0.1) is 23.9 Å². The lowest BCUT2D eigenvalue weighted by atomic mass is 9.79. The van der Waals surface area contributed by atoms with Crippen molar-refractivity contribution in [2.75, 3.05) is 31.6 Å². The first-order valence-electron chi connectivity index (χ1n) is 8.81. The lowest BCUT2D eigenvalue weighted by Gasteiger charge is -2.40. The van der Waals surface area contributed by atoms with Crippen LogP contribution in [0.1, 0.15) is 34.1 Å². The zero-order chi connectivity index (χ0) is 17.4.